The molecule has 0 aromatic carbocycles. The van der Waals surface area contributed by atoms with Crippen molar-refractivity contribution in [1.29, 1.82) is 0 Å². The van der Waals surface area contributed by atoms with Crippen LogP contribution in [0.15, 0.2) is 11.4 Å². The van der Waals surface area contributed by atoms with Gasteiger partial charge in [0.05, 0.1) is 6.04 Å². The molecule has 2 N–H and O–H groups in total. The molecule has 4 heteroatoms. The largest absolute Gasteiger partial charge is 0.375 e. The SMILES string of the molecule is CNC1=C(C)CN2CCCC2C(=O)N1. The zero-order chi connectivity index (χ0) is 10.1. The molecule has 2 aliphatic heterocycles. The summed E-state index contributed by atoms with van der Waals surface area (Å²) < 4.78 is 0. The number of nitrogens with zero attached hydrogens (tertiary/aromatic N) is 1. The number of carbonyl (C=O) groups excluding carboxylic acids is 1. The van der Waals surface area contributed by atoms with Crippen molar-refractivity contribution in [2.24, 2.45) is 0 Å². The molecule has 0 aliphatic carbocycles. The molecule has 0 aromatic heterocycles. The number of carbonyl (C=O) groups is 1. The van der Waals surface area contributed by atoms with E-state index in [0.29, 0.717) is 0 Å². The first-order chi connectivity index (χ1) is 6.72. The molecule has 0 bridgehead atoms. The second-order valence-electron chi connectivity index (χ2n) is 4.02. The van der Waals surface area contributed by atoms with Crippen LogP contribution in [-0.2, 0) is 4.79 Å². The van der Waals surface area contributed by atoms with Crippen molar-refractivity contribution in [2.75, 3.05) is 20.1 Å². The van der Waals surface area contributed by atoms with E-state index in [4.69, 9.17) is 0 Å². The van der Waals surface area contributed by atoms with Gasteiger partial charge in [-0.15, -0.1) is 0 Å². The number of hydrogen-bond acceptors (Lipinski definition) is 3. The van der Waals surface area contributed by atoms with Crippen molar-refractivity contribution in [2.45, 2.75) is 25.8 Å². The van der Waals surface area contributed by atoms with Crippen molar-refractivity contribution in [3.63, 3.8) is 0 Å². The minimum Gasteiger partial charge on any atom is -0.375 e. The summed E-state index contributed by atoms with van der Waals surface area (Å²) in [5.74, 6) is 1.02. The monoisotopic (exact) mass is 195 g/mol. The molecular weight excluding hydrogens is 178 g/mol. The molecule has 0 saturated carbocycles. The fourth-order valence-corrected chi connectivity index (χ4v) is 2.29. The number of fused-ring (bicyclic) bond motifs is 1. The lowest BCUT2D eigenvalue weighted by molar-refractivity contribution is -0.124. The van der Waals surface area contributed by atoms with Gasteiger partial charge >= 0.3 is 0 Å². The lowest BCUT2D eigenvalue weighted by Crippen LogP contribution is -2.41. The van der Waals surface area contributed by atoms with Crippen LogP contribution in [0.3, 0.4) is 0 Å². The minimum atomic E-state index is 0.0933. The topological polar surface area (TPSA) is 44.4 Å². The van der Waals surface area contributed by atoms with Gasteiger partial charge in [-0.05, 0) is 31.9 Å². The van der Waals surface area contributed by atoms with Crippen LogP contribution < -0.4 is 10.6 Å². The van der Waals surface area contributed by atoms with E-state index < -0.39 is 0 Å². The van der Waals surface area contributed by atoms with Crippen LogP contribution in [0.4, 0.5) is 0 Å². The first-order valence-electron chi connectivity index (χ1n) is 5.15. The summed E-state index contributed by atoms with van der Waals surface area (Å²) in [6, 6.07) is 0.0933. The normalized spacial score (nSPS) is 28.4. The highest BCUT2D eigenvalue weighted by Crippen LogP contribution is 2.21. The van der Waals surface area contributed by atoms with Crippen molar-refractivity contribution in [1.82, 2.24) is 15.5 Å². The average Bonchev–Trinajstić information content (AvgIpc) is 2.57. The van der Waals surface area contributed by atoms with Gasteiger partial charge in [-0.3, -0.25) is 9.69 Å². The molecule has 14 heavy (non-hydrogen) atoms. The van der Waals surface area contributed by atoms with Crippen molar-refractivity contribution >= 4 is 5.91 Å². The Kier molecular flexibility index (Phi) is 2.46. The number of hydrogen-bond donors (Lipinski definition) is 2. The zero-order valence-electron chi connectivity index (χ0n) is 8.76. The minimum absolute atomic E-state index is 0.0933. The van der Waals surface area contributed by atoms with Crippen LogP contribution in [0.1, 0.15) is 19.8 Å². The molecule has 2 aliphatic rings. The molecule has 0 spiro atoms. The fourth-order valence-electron chi connectivity index (χ4n) is 2.29. The third-order valence-electron chi connectivity index (χ3n) is 3.03. The van der Waals surface area contributed by atoms with Gasteiger partial charge in [0.15, 0.2) is 0 Å². The molecular formula is C10H17N3O. The first kappa shape index (κ1) is 9.52. The van der Waals surface area contributed by atoms with Crippen LogP contribution >= 0.6 is 0 Å². The molecule has 78 valence electrons. The molecule has 1 amide bonds. The molecule has 1 atom stereocenters. The molecule has 0 aromatic rings. The van der Waals surface area contributed by atoms with E-state index in [1.165, 1.54) is 5.57 Å². The fraction of sp³-hybridized carbons (Fsp3) is 0.700. The summed E-state index contributed by atoms with van der Waals surface area (Å²) in [7, 11) is 1.84. The number of rotatable bonds is 1. The van der Waals surface area contributed by atoms with Crippen molar-refractivity contribution in [3.8, 4) is 0 Å². The van der Waals surface area contributed by atoms with Gasteiger partial charge in [-0.1, -0.05) is 0 Å². The van der Waals surface area contributed by atoms with Gasteiger partial charge in [0.2, 0.25) is 5.91 Å². The third kappa shape index (κ3) is 1.50. The Balaban J connectivity index is 2.23. The van der Waals surface area contributed by atoms with Gasteiger partial charge < -0.3 is 10.6 Å². The van der Waals surface area contributed by atoms with Crippen LogP contribution in [0, 0.1) is 0 Å². The highest BCUT2D eigenvalue weighted by Gasteiger charge is 2.33. The van der Waals surface area contributed by atoms with E-state index in [1.54, 1.807) is 0 Å². The van der Waals surface area contributed by atoms with Crippen LogP contribution in [0.2, 0.25) is 0 Å². The van der Waals surface area contributed by atoms with E-state index in [2.05, 4.69) is 22.5 Å². The quantitative estimate of drug-likeness (QED) is 0.620. The summed E-state index contributed by atoms with van der Waals surface area (Å²) in [4.78, 5) is 14.0. The Morgan fingerprint density at radius 2 is 2.36 bits per heavy atom. The van der Waals surface area contributed by atoms with E-state index in [9.17, 15) is 4.79 Å². The zero-order valence-corrected chi connectivity index (χ0v) is 8.76. The number of amides is 1. The van der Waals surface area contributed by atoms with E-state index in [0.717, 1.165) is 31.8 Å². The standard InChI is InChI=1S/C10H17N3O/c1-7-6-13-5-3-4-8(13)10(14)12-9(7)11-2/h8,11H,3-6H2,1-2H3,(H,12,14). The summed E-state index contributed by atoms with van der Waals surface area (Å²) in [6.45, 7) is 4.01. The van der Waals surface area contributed by atoms with Gasteiger partial charge in [0, 0.05) is 13.6 Å². The second-order valence-corrected chi connectivity index (χ2v) is 4.02. The Hall–Kier alpha value is -1.03. The molecule has 1 fully saturated rings. The maximum atomic E-state index is 11.8. The van der Waals surface area contributed by atoms with Gasteiger partial charge in [-0.2, -0.15) is 0 Å². The van der Waals surface area contributed by atoms with Crippen LogP contribution in [0.5, 0.6) is 0 Å². The Labute approximate surface area is 84.3 Å². The second kappa shape index (κ2) is 3.61. The molecule has 4 nitrogen and oxygen atoms in total. The predicted molar refractivity (Wildman–Crippen MR) is 54.5 cm³/mol. The lowest BCUT2D eigenvalue weighted by atomic mass is 10.2. The maximum Gasteiger partial charge on any atom is 0.242 e. The van der Waals surface area contributed by atoms with Crippen molar-refractivity contribution in [3.05, 3.63) is 11.4 Å². The highest BCUT2D eigenvalue weighted by molar-refractivity contribution is 5.84. The van der Waals surface area contributed by atoms with Crippen molar-refractivity contribution < 1.29 is 4.79 Å². The van der Waals surface area contributed by atoms with Gasteiger partial charge in [0.25, 0.3) is 0 Å². The summed E-state index contributed by atoms with van der Waals surface area (Å²) in [6.07, 6.45) is 2.14. The Bertz CT molecular complexity index is 285. The van der Waals surface area contributed by atoms with Gasteiger partial charge in [-0.25, -0.2) is 0 Å². The summed E-state index contributed by atoms with van der Waals surface area (Å²) in [5.41, 5.74) is 1.21. The Morgan fingerprint density at radius 1 is 1.57 bits per heavy atom. The first-order valence-corrected chi connectivity index (χ1v) is 5.15. The lowest BCUT2D eigenvalue weighted by Gasteiger charge is -2.19. The predicted octanol–water partition coefficient (Wildman–Crippen LogP) is 0.0315. The van der Waals surface area contributed by atoms with Crippen LogP contribution in [0.25, 0.3) is 0 Å². The molecule has 2 heterocycles. The highest BCUT2D eigenvalue weighted by atomic mass is 16.2. The Morgan fingerprint density at radius 3 is 3.07 bits per heavy atom. The van der Waals surface area contributed by atoms with Gasteiger partial charge in [0.1, 0.15) is 5.82 Å². The smallest absolute Gasteiger partial charge is 0.242 e. The van der Waals surface area contributed by atoms with E-state index in [-0.39, 0.29) is 11.9 Å². The maximum absolute atomic E-state index is 11.8. The van der Waals surface area contributed by atoms with E-state index >= 15 is 0 Å². The molecule has 1 saturated heterocycles. The molecule has 0 radical (unpaired) electrons. The van der Waals surface area contributed by atoms with Crippen LogP contribution in [-0.4, -0.2) is 37.0 Å². The summed E-state index contributed by atoms with van der Waals surface area (Å²) >= 11 is 0. The molecule has 2 rings (SSSR count). The third-order valence-corrected chi connectivity index (χ3v) is 3.03. The summed E-state index contributed by atoms with van der Waals surface area (Å²) in [5, 5.41) is 5.97. The van der Waals surface area contributed by atoms with E-state index in [1.807, 2.05) is 7.05 Å². The molecule has 1 unspecified atom stereocenters. The number of nitrogens with one attached hydrogen (secondary N) is 2. The average molecular weight is 195 g/mol.